The van der Waals surface area contributed by atoms with Crippen LogP contribution < -0.4 is 5.32 Å². The van der Waals surface area contributed by atoms with Crippen LogP contribution in [0.2, 0.25) is 5.02 Å². The first-order chi connectivity index (χ1) is 7.50. The molecule has 1 rings (SSSR count). The van der Waals surface area contributed by atoms with Crippen molar-refractivity contribution >= 4 is 33.2 Å². The van der Waals surface area contributed by atoms with E-state index in [9.17, 15) is 5.11 Å². The predicted octanol–water partition coefficient (Wildman–Crippen LogP) is 2.91. The van der Waals surface area contributed by atoms with Crippen LogP contribution in [0.15, 0.2) is 22.7 Å². The number of hydrogen-bond acceptors (Lipinski definition) is 3. The van der Waals surface area contributed by atoms with Crippen molar-refractivity contribution in [3.8, 4) is 0 Å². The van der Waals surface area contributed by atoms with Gasteiger partial charge >= 0.3 is 0 Å². The van der Waals surface area contributed by atoms with E-state index < -0.39 is 5.54 Å². The van der Waals surface area contributed by atoms with Gasteiger partial charge in [-0.2, -0.15) is 0 Å². The molecule has 5 heteroatoms. The lowest BCUT2D eigenvalue weighted by atomic mass is 10.0. The van der Waals surface area contributed by atoms with Crippen LogP contribution in [-0.2, 0) is 4.74 Å². The molecule has 0 heterocycles. The van der Waals surface area contributed by atoms with Gasteiger partial charge in [0.05, 0.1) is 23.8 Å². The van der Waals surface area contributed by atoms with E-state index in [0.717, 1.165) is 10.2 Å². The molecular formula is C11H15BrClNO2. The van der Waals surface area contributed by atoms with Crippen molar-refractivity contribution in [1.29, 1.82) is 0 Å². The molecule has 3 nitrogen and oxygen atoms in total. The Kier molecular flexibility index (Phi) is 5.05. The summed E-state index contributed by atoms with van der Waals surface area (Å²) in [6.07, 6.45) is 0. The van der Waals surface area contributed by atoms with E-state index >= 15 is 0 Å². The lowest BCUT2D eigenvalue weighted by Crippen LogP contribution is -2.43. The molecule has 16 heavy (non-hydrogen) atoms. The van der Waals surface area contributed by atoms with Crippen molar-refractivity contribution in [3.05, 3.63) is 27.7 Å². The smallest absolute Gasteiger partial charge is 0.0808 e. The Morgan fingerprint density at radius 1 is 1.56 bits per heavy atom. The van der Waals surface area contributed by atoms with Gasteiger partial charge in [-0.15, -0.1) is 0 Å². The zero-order chi connectivity index (χ0) is 12.2. The summed E-state index contributed by atoms with van der Waals surface area (Å²) >= 11 is 9.25. The molecule has 0 aromatic heterocycles. The Labute approximate surface area is 109 Å². The highest BCUT2D eigenvalue weighted by atomic mass is 79.9. The van der Waals surface area contributed by atoms with Gasteiger partial charge in [-0.25, -0.2) is 0 Å². The van der Waals surface area contributed by atoms with E-state index in [-0.39, 0.29) is 6.61 Å². The molecule has 0 spiro atoms. The summed E-state index contributed by atoms with van der Waals surface area (Å²) in [4.78, 5) is 0. The number of halogens is 2. The van der Waals surface area contributed by atoms with Gasteiger partial charge in [0, 0.05) is 17.3 Å². The topological polar surface area (TPSA) is 41.5 Å². The molecular weight excluding hydrogens is 293 g/mol. The minimum Gasteiger partial charge on any atom is -0.394 e. The first-order valence-electron chi connectivity index (χ1n) is 4.84. The lowest BCUT2D eigenvalue weighted by Gasteiger charge is -2.29. The summed E-state index contributed by atoms with van der Waals surface area (Å²) in [7, 11) is 1.60. The predicted molar refractivity (Wildman–Crippen MR) is 70.1 cm³/mol. The number of rotatable bonds is 5. The SMILES string of the molecule is COCC(C)(CO)Nc1ccc(Cl)c(Br)c1. The monoisotopic (exact) mass is 307 g/mol. The molecule has 90 valence electrons. The third kappa shape index (κ3) is 3.63. The average Bonchev–Trinajstić information content (AvgIpc) is 2.24. The minimum atomic E-state index is -0.498. The zero-order valence-corrected chi connectivity index (χ0v) is 11.6. The number of hydrogen-bond donors (Lipinski definition) is 2. The second-order valence-electron chi connectivity index (χ2n) is 3.91. The van der Waals surface area contributed by atoms with Crippen LogP contribution in [0.1, 0.15) is 6.92 Å². The second kappa shape index (κ2) is 5.87. The van der Waals surface area contributed by atoms with Gasteiger partial charge in [-0.05, 0) is 41.1 Å². The van der Waals surface area contributed by atoms with E-state index in [1.54, 1.807) is 13.2 Å². The average molecular weight is 309 g/mol. The van der Waals surface area contributed by atoms with Crippen molar-refractivity contribution in [2.45, 2.75) is 12.5 Å². The van der Waals surface area contributed by atoms with E-state index in [4.69, 9.17) is 16.3 Å². The van der Waals surface area contributed by atoms with Gasteiger partial charge in [0.15, 0.2) is 0 Å². The van der Waals surface area contributed by atoms with Gasteiger partial charge in [-0.3, -0.25) is 0 Å². The van der Waals surface area contributed by atoms with Crippen molar-refractivity contribution in [3.63, 3.8) is 0 Å². The normalized spacial score (nSPS) is 14.6. The first kappa shape index (κ1) is 13.8. The number of anilines is 1. The number of nitrogens with one attached hydrogen (secondary N) is 1. The Balaban J connectivity index is 2.81. The highest BCUT2D eigenvalue weighted by Gasteiger charge is 2.22. The van der Waals surface area contributed by atoms with Crippen LogP contribution in [0.5, 0.6) is 0 Å². The fraction of sp³-hybridized carbons (Fsp3) is 0.455. The molecule has 0 saturated heterocycles. The number of ether oxygens (including phenoxy) is 1. The molecule has 1 aromatic carbocycles. The molecule has 0 aliphatic carbocycles. The lowest BCUT2D eigenvalue weighted by molar-refractivity contribution is 0.108. The second-order valence-corrected chi connectivity index (χ2v) is 5.17. The molecule has 1 aromatic rings. The van der Waals surface area contributed by atoms with E-state index in [2.05, 4.69) is 21.2 Å². The maximum Gasteiger partial charge on any atom is 0.0808 e. The number of aliphatic hydroxyl groups excluding tert-OH is 1. The Morgan fingerprint density at radius 3 is 2.75 bits per heavy atom. The number of aliphatic hydroxyl groups is 1. The molecule has 1 unspecified atom stereocenters. The highest BCUT2D eigenvalue weighted by molar-refractivity contribution is 9.10. The van der Waals surface area contributed by atoms with Gasteiger partial charge in [0.1, 0.15) is 0 Å². The highest BCUT2D eigenvalue weighted by Crippen LogP contribution is 2.27. The minimum absolute atomic E-state index is 0.0128. The molecule has 0 radical (unpaired) electrons. The van der Waals surface area contributed by atoms with Crippen LogP contribution in [0.4, 0.5) is 5.69 Å². The molecule has 2 N–H and O–H groups in total. The van der Waals surface area contributed by atoms with E-state index in [1.807, 2.05) is 19.1 Å². The molecule has 1 atom stereocenters. The molecule has 0 bridgehead atoms. The molecule has 0 fully saturated rings. The third-order valence-electron chi connectivity index (χ3n) is 2.18. The van der Waals surface area contributed by atoms with E-state index in [0.29, 0.717) is 11.6 Å². The van der Waals surface area contributed by atoms with Crippen molar-refractivity contribution < 1.29 is 9.84 Å². The summed E-state index contributed by atoms with van der Waals surface area (Å²) in [6.45, 7) is 2.30. The largest absolute Gasteiger partial charge is 0.394 e. The van der Waals surface area contributed by atoms with Crippen molar-refractivity contribution in [2.24, 2.45) is 0 Å². The number of methoxy groups -OCH3 is 1. The van der Waals surface area contributed by atoms with Gasteiger partial charge in [0.25, 0.3) is 0 Å². The first-order valence-corrected chi connectivity index (χ1v) is 6.01. The summed E-state index contributed by atoms with van der Waals surface area (Å²) < 4.78 is 5.88. The van der Waals surface area contributed by atoms with Crippen molar-refractivity contribution in [2.75, 3.05) is 25.6 Å². The fourth-order valence-electron chi connectivity index (χ4n) is 1.36. The van der Waals surface area contributed by atoms with Crippen molar-refractivity contribution in [1.82, 2.24) is 0 Å². The Hall–Kier alpha value is -0.290. The summed E-state index contributed by atoms with van der Waals surface area (Å²) in [5.74, 6) is 0. The maximum absolute atomic E-state index is 9.32. The van der Waals surface area contributed by atoms with Crippen LogP contribution in [-0.4, -0.2) is 31.0 Å². The Bertz CT molecular complexity index is 362. The molecule has 0 amide bonds. The molecule has 0 saturated carbocycles. The Morgan fingerprint density at radius 2 is 2.25 bits per heavy atom. The fourth-order valence-corrected chi connectivity index (χ4v) is 1.86. The van der Waals surface area contributed by atoms with Gasteiger partial charge in [0.2, 0.25) is 0 Å². The van der Waals surface area contributed by atoms with Crippen LogP contribution >= 0.6 is 27.5 Å². The third-order valence-corrected chi connectivity index (χ3v) is 3.39. The van der Waals surface area contributed by atoms with Crippen LogP contribution in [0.25, 0.3) is 0 Å². The quantitative estimate of drug-likeness (QED) is 0.879. The summed E-state index contributed by atoms with van der Waals surface area (Å²) in [5, 5.41) is 13.2. The summed E-state index contributed by atoms with van der Waals surface area (Å²) in [5.41, 5.74) is 0.382. The van der Waals surface area contributed by atoms with Crippen LogP contribution in [0.3, 0.4) is 0 Å². The van der Waals surface area contributed by atoms with Gasteiger partial charge < -0.3 is 15.2 Å². The van der Waals surface area contributed by atoms with Gasteiger partial charge in [-0.1, -0.05) is 11.6 Å². The molecule has 0 aliphatic rings. The van der Waals surface area contributed by atoms with E-state index in [1.165, 1.54) is 0 Å². The number of benzene rings is 1. The molecule has 0 aliphatic heterocycles. The maximum atomic E-state index is 9.32. The van der Waals surface area contributed by atoms with Crippen LogP contribution in [0, 0.1) is 0 Å². The zero-order valence-electron chi connectivity index (χ0n) is 9.26. The summed E-state index contributed by atoms with van der Waals surface area (Å²) in [6, 6.07) is 5.52. The standard InChI is InChI=1S/C11H15BrClNO2/c1-11(6-15,7-16-2)14-8-3-4-10(13)9(12)5-8/h3-5,14-15H,6-7H2,1-2H3.